The van der Waals surface area contributed by atoms with Gasteiger partial charge in [-0.1, -0.05) is 78.9 Å². The number of pyridine rings is 2. The van der Waals surface area contributed by atoms with Gasteiger partial charge in [0.15, 0.2) is 5.82 Å². The normalized spacial score (nSPS) is 10.8. The molecule has 6 aromatic rings. The molecule has 0 spiro atoms. The second kappa shape index (κ2) is 9.72. The average Bonchev–Trinajstić information content (AvgIpc) is 2.98. The minimum Gasteiger partial charge on any atom is -0.265 e. The summed E-state index contributed by atoms with van der Waals surface area (Å²) in [6.07, 6.45) is 7.25. The summed E-state index contributed by atoms with van der Waals surface area (Å²) >= 11 is 0. The summed E-state index contributed by atoms with van der Waals surface area (Å²) in [5, 5.41) is 0. The van der Waals surface area contributed by atoms with Gasteiger partial charge in [0, 0.05) is 41.5 Å². The minimum atomic E-state index is 0.708. The van der Waals surface area contributed by atoms with Crippen molar-refractivity contribution in [1.82, 2.24) is 19.9 Å². The zero-order chi connectivity index (χ0) is 24.2. The second-order valence-corrected chi connectivity index (χ2v) is 8.45. The van der Waals surface area contributed by atoms with Crippen LogP contribution >= 0.6 is 0 Å². The van der Waals surface area contributed by atoms with Gasteiger partial charge in [0.25, 0.3) is 0 Å². The van der Waals surface area contributed by atoms with Crippen LogP contribution in [0.15, 0.2) is 134 Å². The van der Waals surface area contributed by atoms with Gasteiger partial charge < -0.3 is 0 Å². The summed E-state index contributed by atoms with van der Waals surface area (Å²) in [6, 6.07) is 37.2. The van der Waals surface area contributed by atoms with E-state index in [0.29, 0.717) is 5.82 Å². The predicted molar refractivity (Wildman–Crippen MR) is 145 cm³/mol. The molecule has 0 aliphatic heterocycles. The Labute approximate surface area is 210 Å². The topological polar surface area (TPSA) is 51.6 Å². The first-order valence-corrected chi connectivity index (χ1v) is 11.8. The van der Waals surface area contributed by atoms with Crippen LogP contribution < -0.4 is 0 Å². The van der Waals surface area contributed by atoms with Gasteiger partial charge in [0.1, 0.15) is 0 Å². The van der Waals surface area contributed by atoms with Gasteiger partial charge in [-0.3, -0.25) is 9.97 Å². The minimum absolute atomic E-state index is 0.708. The SMILES string of the molecule is c1ccc(-c2nc(-c3ccc(-c4ccncc4)cc3)cc(-c3ccc(-c4ccncc4)cc3)n2)cc1. The van der Waals surface area contributed by atoms with Crippen molar-refractivity contribution in [3.05, 3.63) is 134 Å². The number of benzene rings is 3. The molecule has 170 valence electrons. The fraction of sp³-hybridized carbons (Fsp3) is 0. The number of hydrogen-bond acceptors (Lipinski definition) is 4. The van der Waals surface area contributed by atoms with Crippen LogP contribution in [0.5, 0.6) is 0 Å². The molecule has 0 amide bonds. The van der Waals surface area contributed by atoms with Crippen molar-refractivity contribution < 1.29 is 0 Å². The quantitative estimate of drug-likeness (QED) is 0.265. The fourth-order valence-corrected chi connectivity index (χ4v) is 4.21. The molecule has 0 radical (unpaired) electrons. The molecular weight excluding hydrogens is 440 g/mol. The molecule has 0 aliphatic rings. The van der Waals surface area contributed by atoms with Crippen LogP contribution in [0.4, 0.5) is 0 Å². The molecule has 0 atom stereocenters. The highest BCUT2D eigenvalue weighted by molar-refractivity contribution is 5.75. The molecule has 0 bridgehead atoms. The molecule has 4 nitrogen and oxygen atoms in total. The standard InChI is InChI=1S/C32H22N4/c1-2-4-29(5-3-1)32-35-30(27-10-6-23(7-11-27)25-14-18-33-19-15-25)22-31(36-32)28-12-8-24(9-13-28)26-16-20-34-21-17-26/h1-22H. The average molecular weight is 463 g/mol. The lowest BCUT2D eigenvalue weighted by molar-refractivity contribution is 1.18. The van der Waals surface area contributed by atoms with Gasteiger partial charge in [0.05, 0.1) is 11.4 Å². The maximum atomic E-state index is 4.94. The molecule has 0 N–H and O–H groups in total. The van der Waals surface area contributed by atoms with Gasteiger partial charge in [-0.25, -0.2) is 9.97 Å². The zero-order valence-corrected chi connectivity index (χ0v) is 19.5. The summed E-state index contributed by atoms with van der Waals surface area (Å²) in [6.45, 7) is 0. The van der Waals surface area contributed by atoms with Crippen LogP contribution in [-0.2, 0) is 0 Å². The molecule has 6 rings (SSSR count). The molecular formula is C32H22N4. The van der Waals surface area contributed by atoms with E-state index in [4.69, 9.17) is 9.97 Å². The Kier molecular flexibility index (Phi) is 5.83. The highest BCUT2D eigenvalue weighted by Crippen LogP contribution is 2.30. The number of rotatable bonds is 5. The van der Waals surface area contributed by atoms with Crippen molar-refractivity contribution >= 4 is 0 Å². The second-order valence-electron chi connectivity index (χ2n) is 8.45. The van der Waals surface area contributed by atoms with E-state index >= 15 is 0 Å². The lowest BCUT2D eigenvalue weighted by atomic mass is 10.0. The van der Waals surface area contributed by atoms with E-state index in [9.17, 15) is 0 Å². The smallest absolute Gasteiger partial charge is 0.160 e. The van der Waals surface area contributed by atoms with Gasteiger partial charge >= 0.3 is 0 Å². The van der Waals surface area contributed by atoms with Crippen molar-refractivity contribution in [3.8, 4) is 56.2 Å². The number of hydrogen-bond donors (Lipinski definition) is 0. The first-order chi connectivity index (χ1) is 17.8. The Morgan fingerprint density at radius 3 is 1.17 bits per heavy atom. The molecule has 3 aromatic carbocycles. The van der Waals surface area contributed by atoms with Gasteiger partial charge in [0.2, 0.25) is 0 Å². The van der Waals surface area contributed by atoms with E-state index in [1.807, 2.05) is 79.4 Å². The van der Waals surface area contributed by atoms with Crippen LogP contribution in [0, 0.1) is 0 Å². The van der Waals surface area contributed by atoms with Crippen LogP contribution in [0.25, 0.3) is 56.2 Å². The van der Waals surface area contributed by atoms with Crippen molar-refractivity contribution in [2.75, 3.05) is 0 Å². The highest BCUT2D eigenvalue weighted by atomic mass is 14.9. The Balaban J connectivity index is 1.41. The Morgan fingerprint density at radius 1 is 0.333 bits per heavy atom. The maximum Gasteiger partial charge on any atom is 0.160 e. The Morgan fingerprint density at radius 2 is 0.722 bits per heavy atom. The van der Waals surface area contributed by atoms with Crippen LogP contribution in [-0.4, -0.2) is 19.9 Å². The van der Waals surface area contributed by atoms with E-state index in [1.54, 1.807) is 0 Å². The summed E-state index contributed by atoms with van der Waals surface area (Å²) in [5.74, 6) is 0.708. The van der Waals surface area contributed by atoms with E-state index in [-0.39, 0.29) is 0 Å². The molecule has 3 heterocycles. The van der Waals surface area contributed by atoms with Crippen LogP contribution in [0.1, 0.15) is 0 Å². The summed E-state index contributed by atoms with van der Waals surface area (Å²) < 4.78 is 0. The fourth-order valence-electron chi connectivity index (χ4n) is 4.21. The molecule has 0 fully saturated rings. The zero-order valence-electron chi connectivity index (χ0n) is 19.5. The third-order valence-electron chi connectivity index (χ3n) is 6.15. The lowest BCUT2D eigenvalue weighted by Gasteiger charge is -2.10. The number of aromatic nitrogens is 4. The van der Waals surface area contributed by atoms with Crippen molar-refractivity contribution in [2.24, 2.45) is 0 Å². The van der Waals surface area contributed by atoms with Crippen LogP contribution in [0.2, 0.25) is 0 Å². The van der Waals surface area contributed by atoms with E-state index in [1.165, 1.54) is 0 Å². The van der Waals surface area contributed by atoms with Crippen molar-refractivity contribution in [2.45, 2.75) is 0 Å². The van der Waals surface area contributed by atoms with E-state index < -0.39 is 0 Å². The molecule has 4 heteroatoms. The highest BCUT2D eigenvalue weighted by Gasteiger charge is 2.11. The number of nitrogens with zero attached hydrogens (tertiary/aromatic N) is 4. The Bertz CT molecular complexity index is 1480. The molecule has 0 unspecified atom stereocenters. The maximum absolute atomic E-state index is 4.94. The Hall–Kier alpha value is -4.96. The van der Waals surface area contributed by atoms with E-state index in [0.717, 1.165) is 50.3 Å². The van der Waals surface area contributed by atoms with Crippen molar-refractivity contribution in [1.29, 1.82) is 0 Å². The molecule has 3 aromatic heterocycles. The van der Waals surface area contributed by atoms with Gasteiger partial charge in [-0.2, -0.15) is 0 Å². The lowest BCUT2D eigenvalue weighted by Crippen LogP contribution is -1.96. The molecule has 0 saturated carbocycles. The monoisotopic (exact) mass is 462 g/mol. The molecule has 0 aliphatic carbocycles. The molecule has 0 saturated heterocycles. The van der Waals surface area contributed by atoms with Crippen LogP contribution in [0.3, 0.4) is 0 Å². The third kappa shape index (κ3) is 4.52. The largest absolute Gasteiger partial charge is 0.265 e. The van der Waals surface area contributed by atoms with Gasteiger partial charge in [-0.15, -0.1) is 0 Å². The summed E-state index contributed by atoms with van der Waals surface area (Å²) in [4.78, 5) is 18.1. The van der Waals surface area contributed by atoms with E-state index in [2.05, 4.69) is 64.6 Å². The summed E-state index contributed by atoms with van der Waals surface area (Å²) in [5.41, 5.74) is 9.41. The predicted octanol–water partition coefficient (Wildman–Crippen LogP) is 7.60. The summed E-state index contributed by atoms with van der Waals surface area (Å²) in [7, 11) is 0. The first kappa shape index (κ1) is 21.6. The van der Waals surface area contributed by atoms with Gasteiger partial charge in [-0.05, 0) is 52.6 Å². The van der Waals surface area contributed by atoms with Crippen molar-refractivity contribution in [3.63, 3.8) is 0 Å². The third-order valence-corrected chi connectivity index (χ3v) is 6.15. The first-order valence-electron chi connectivity index (χ1n) is 11.8. The molecule has 36 heavy (non-hydrogen) atoms.